The molecule has 2 aromatic carbocycles. The lowest BCUT2D eigenvalue weighted by atomic mass is 9.44. The molecule has 2 N–H and O–H groups in total. The number of phenolic OH excluding ortho intramolecular Hbond substituents is 1. The maximum Gasteiger partial charge on any atom is 0.573 e. The van der Waals surface area contributed by atoms with Gasteiger partial charge in [0.05, 0.1) is 17.1 Å². The van der Waals surface area contributed by atoms with Crippen molar-refractivity contribution in [3.8, 4) is 17.2 Å². The average Bonchev–Trinajstić information content (AvgIpc) is 3.18. The second-order valence-electron chi connectivity index (χ2n) is 11.7. The SMILES string of the molecule is C=CCN1CC[C@]23c4c5ccc(O)c4O[C@@]2(C)[C@H](N(C)C(=O)C=Cc2cccc(OC(F)(F)F)c2)CC[C@@]3(O)[C@H]1C5. The number of carbonyl (C=O) groups excluding carboxylic acids is 1. The van der Waals surface area contributed by atoms with Crippen LogP contribution in [0.3, 0.4) is 0 Å². The number of hydrogen-bond acceptors (Lipinski definition) is 6. The summed E-state index contributed by atoms with van der Waals surface area (Å²) < 4.78 is 48.6. The largest absolute Gasteiger partial charge is 0.573 e. The minimum atomic E-state index is -4.82. The molecule has 2 aliphatic heterocycles. The number of aromatic hydroxyl groups is 1. The van der Waals surface area contributed by atoms with E-state index >= 15 is 0 Å². The van der Waals surface area contributed by atoms with E-state index < -0.39 is 29.0 Å². The van der Waals surface area contributed by atoms with Crippen LogP contribution in [0.1, 0.15) is 42.9 Å². The lowest BCUT2D eigenvalue weighted by Gasteiger charge is -2.67. The third-order valence-electron chi connectivity index (χ3n) is 9.85. The maximum absolute atomic E-state index is 13.5. The second kappa shape index (κ2) is 9.25. The van der Waals surface area contributed by atoms with Crippen LogP contribution >= 0.6 is 0 Å². The van der Waals surface area contributed by atoms with E-state index in [0.29, 0.717) is 50.1 Å². The average molecular weight is 571 g/mol. The normalized spacial score (nSPS) is 31.9. The third kappa shape index (κ3) is 3.90. The van der Waals surface area contributed by atoms with Crippen molar-refractivity contribution in [3.63, 3.8) is 0 Å². The predicted molar refractivity (Wildman–Crippen MR) is 146 cm³/mol. The lowest BCUT2D eigenvalue weighted by Crippen LogP contribution is -2.82. The Hall–Kier alpha value is -3.50. The topological polar surface area (TPSA) is 82.5 Å². The highest BCUT2D eigenvalue weighted by Gasteiger charge is 2.78. The number of ether oxygens (including phenoxy) is 2. The van der Waals surface area contributed by atoms with Gasteiger partial charge in [-0.05, 0) is 68.0 Å². The number of likely N-dealkylation sites (tertiary alicyclic amines) is 1. The van der Waals surface area contributed by atoms with Crippen molar-refractivity contribution in [3.05, 3.63) is 71.8 Å². The van der Waals surface area contributed by atoms with Crippen LogP contribution in [0.25, 0.3) is 6.08 Å². The van der Waals surface area contributed by atoms with Crippen LogP contribution in [0.2, 0.25) is 0 Å². The smallest absolute Gasteiger partial charge is 0.504 e. The summed E-state index contributed by atoms with van der Waals surface area (Å²) in [6.45, 7) is 7.18. The minimum absolute atomic E-state index is 0.0108. The van der Waals surface area contributed by atoms with Gasteiger partial charge in [-0.1, -0.05) is 24.3 Å². The van der Waals surface area contributed by atoms with E-state index in [1.165, 1.54) is 30.4 Å². The van der Waals surface area contributed by atoms with E-state index in [4.69, 9.17) is 4.74 Å². The van der Waals surface area contributed by atoms with E-state index in [1.54, 1.807) is 24.1 Å². The van der Waals surface area contributed by atoms with Gasteiger partial charge in [0.2, 0.25) is 5.91 Å². The zero-order valence-electron chi connectivity index (χ0n) is 22.9. The Morgan fingerprint density at radius 2 is 2.07 bits per heavy atom. The number of piperidine rings is 1. The molecule has 10 heteroatoms. The summed E-state index contributed by atoms with van der Waals surface area (Å²) in [6.07, 6.45) is 1.88. The summed E-state index contributed by atoms with van der Waals surface area (Å²) in [5.74, 6) is -0.345. The molecular formula is C31H33F3N2O5. The fourth-order valence-electron chi connectivity index (χ4n) is 8.26. The first kappa shape index (κ1) is 27.7. The highest BCUT2D eigenvalue weighted by Crippen LogP contribution is 2.69. The maximum atomic E-state index is 13.5. The standard InChI is InChI=1S/C31H33F3N2O5/c1-4-15-36-16-14-29-26-20-9-10-22(37)27(26)41-28(29,2)23(12-13-30(29,39)24(36)18-20)35(3)25(38)11-8-19-6-5-7-21(17-19)40-31(32,33)34/h4-11,17,23-24,37,39H,1,12-16,18H2,2-3H3/t23-,24-,28+,29+,30-/m1/s1. The van der Waals surface area contributed by atoms with Crippen LogP contribution in [0.15, 0.2) is 55.1 Å². The predicted octanol–water partition coefficient (Wildman–Crippen LogP) is 4.56. The highest BCUT2D eigenvalue weighted by molar-refractivity contribution is 5.92. The summed E-state index contributed by atoms with van der Waals surface area (Å²) in [5, 5.41) is 23.5. The number of alkyl halides is 3. The summed E-state index contributed by atoms with van der Waals surface area (Å²) in [7, 11) is 1.67. The van der Waals surface area contributed by atoms with Gasteiger partial charge in [-0.2, -0.15) is 0 Å². The van der Waals surface area contributed by atoms with Gasteiger partial charge in [0.15, 0.2) is 11.5 Å². The van der Waals surface area contributed by atoms with Gasteiger partial charge >= 0.3 is 6.36 Å². The van der Waals surface area contributed by atoms with Gasteiger partial charge in [0.1, 0.15) is 11.4 Å². The van der Waals surface area contributed by atoms with Crippen LogP contribution in [0.4, 0.5) is 13.2 Å². The fraction of sp³-hybridized carbons (Fsp3) is 0.452. The molecular weight excluding hydrogens is 537 g/mol. The molecule has 2 aliphatic carbocycles. The molecule has 1 saturated carbocycles. The molecule has 0 radical (unpaired) electrons. The Morgan fingerprint density at radius 1 is 1.29 bits per heavy atom. The van der Waals surface area contributed by atoms with E-state index in [-0.39, 0.29) is 23.4 Å². The monoisotopic (exact) mass is 570 g/mol. The molecule has 6 rings (SSSR count). The number of nitrogens with zero attached hydrogens (tertiary/aromatic N) is 2. The third-order valence-corrected chi connectivity index (χ3v) is 9.85. The first-order valence-corrected chi connectivity index (χ1v) is 13.8. The Balaban J connectivity index is 1.35. The van der Waals surface area contributed by atoms with Crippen molar-refractivity contribution in [2.75, 3.05) is 20.1 Å². The lowest BCUT2D eigenvalue weighted by molar-refractivity contribution is -0.274. The Morgan fingerprint density at radius 3 is 2.80 bits per heavy atom. The molecule has 2 bridgehead atoms. The molecule has 2 aromatic rings. The molecule has 218 valence electrons. The number of carbonyl (C=O) groups is 1. The zero-order valence-corrected chi connectivity index (χ0v) is 22.9. The van der Waals surface area contributed by atoms with Crippen molar-refractivity contribution in [2.45, 2.75) is 67.7 Å². The number of hydrogen-bond donors (Lipinski definition) is 2. The number of phenols is 1. The Bertz CT molecular complexity index is 1440. The van der Waals surface area contributed by atoms with E-state index in [9.17, 15) is 28.2 Å². The number of halogens is 3. The van der Waals surface area contributed by atoms with Gasteiger partial charge in [0.25, 0.3) is 0 Å². The van der Waals surface area contributed by atoms with Gasteiger partial charge < -0.3 is 24.6 Å². The molecule has 0 unspecified atom stereocenters. The van der Waals surface area contributed by atoms with E-state index in [1.807, 2.05) is 19.1 Å². The zero-order chi connectivity index (χ0) is 29.4. The molecule has 0 aromatic heterocycles. The van der Waals surface area contributed by atoms with Crippen molar-refractivity contribution in [1.29, 1.82) is 0 Å². The van der Waals surface area contributed by atoms with Crippen molar-refractivity contribution < 1.29 is 37.7 Å². The number of aliphatic hydroxyl groups is 1. The van der Waals surface area contributed by atoms with Crippen LogP contribution in [-0.2, 0) is 16.6 Å². The van der Waals surface area contributed by atoms with Gasteiger partial charge in [0, 0.05) is 37.8 Å². The molecule has 1 saturated heterocycles. The van der Waals surface area contributed by atoms with Gasteiger partial charge in [-0.3, -0.25) is 9.69 Å². The van der Waals surface area contributed by atoms with Gasteiger partial charge in [-0.25, -0.2) is 0 Å². The molecule has 4 aliphatic rings. The van der Waals surface area contributed by atoms with Crippen LogP contribution in [0.5, 0.6) is 17.2 Å². The molecule has 1 spiro atoms. The quantitative estimate of drug-likeness (QED) is 0.392. The molecule has 41 heavy (non-hydrogen) atoms. The number of rotatable bonds is 6. The minimum Gasteiger partial charge on any atom is -0.504 e. The highest BCUT2D eigenvalue weighted by atomic mass is 19.4. The number of benzene rings is 2. The summed E-state index contributed by atoms with van der Waals surface area (Å²) in [6, 6.07) is 8.31. The molecule has 5 atom stereocenters. The van der Waals surface area contributed by atoms with Crippen molar-refractivity contribution in [2.24, 2.45) is 0 Å². The molecule has 2 heterocycles. The summed E-state index contributed by atoms with van der Waals surface area (Å²) in [4.78, 5) is 17.3. The number of likely N-dealkylation sites (N-methyl/N-ethyl adjacent to an activating group) is 1. The molecule has 1 amide bonds. The first-order valence-electron chi connectivity index (χ1n) is 13.8. The van der Waals surface area contributed by atoms with Crippen LogP contribution in [0, 0.1) is 0 Å². The summed E-state index contributed by atoms with van der Waals surface area (Å²) in [5.41, 5.74) is -0.799. The van der Waals surface area contributed by atoms with Crippen molar-refractivity contribution in [1.82, 2.24) is 9.80 Å². The molecule has 2 fully saturated rings. The van der Waals surface area contributed by atoms with E-state index in [2.05, 4.69) is 16.2 Å². The van der Waals surface area contributed by atoms with Crippen LogP contribution in [-0.4, -0.2) is 75.7 Å². The second-order valence-corrected chi connectivity index (χ2v) is 11.7. The molecule has 7 nitrogen and oxygen atoms in total. The van der Waals surface area contributed by atoms with E-state index in [0.717, 1.165) is 11.1 Å². The summed E-state index contributed by atoms with van der Waals surface area (Å²) >= 11 is 0. The Kier molecular flexibility index (Phi) is 6.24. The van der Waals surface area contributed by atoms with Crippen molar-refractivity contribution >= 4 is 12.0 Å². The first-order chi connectivity index (χ1) is 19.3. The Labute approximate surface area is 236 Å². The van der Waals surface area contributed by atoms with Crippen LogP contribution < -0.4 is 9.47 Å². The fourth-order valence-corrected chi connectivity index (χ4v) is 8.26. The number of amides is 1. The van der Waals surface area contributed by atoms with Gasteiger partial charge in [-0.15, -0.1) is 19.8 Å².